The summed E-state index contributed by atoms with van der Waals surface area (Å²) in [5.74, 6) is 2.09. The normalized spacial score (nSPS) is 22.9. The molecule has 7 heteroatoms. The van der Waals surface area contributed by atoms with Crippen LogP contribution in [-0.2, 0) is 4.74 Å². The van der Waals surface area contributed by atoms with Crippen molar-refractivity contribution in [3.05, 3.63) is 41.6 Å². The number of nitrogens with zero attached hydrogens (tertiary/aromatic N) is 3. The van der Waals surface area contributed by atoms with Gasteiger partial charge in [0.05, 0.1) is 13.2 Å². The zero-order chi connectivity index (χ0) is 23.5. The lowest BCUT2D eigenvalue weighted by atomic mass is 9.96. The second-order valence-electron chi connectivity index (χ2n) is 9.90. The first-order valence-electron chi connectivity index (χ1n) is 12.8. The third-order valence-electron chi connectivity index (χ3n) is 7.60. The van der Waals surface area contributed by atoms with Gasteiger partial charge in [0.2, 0.25) is 0 Å². The molecule has 0 bridgehead atoms. The van der Waals surface area contributed by atoms with Gasteiger partial charge in [-0.05, 0) is 73.2 Å². The molecule has 2 aromatic rings. The molecule has 2 atom stereocenters. The highest BCUT2D eigenvalue weighted by atomic mass is 16.5. The minimum Gasteiger partial charge on any atom is -0.378 e. The molecule has 3 fully saturated rings. The number of urea groups is 1. The van der Waals surface area contributed by atoms with Gasteiger partial charge in [0.15, 0.2) is 0 Å². The number of morpholine rings is 1. The number of nitrogens with one attached hydrogen (secondary N) is 2. The van der Waals surface area contributed by atoms with Crippen molar-refractivity contribution in [1.82, 2.24) is 15.2 Å². The van der Waals surface area contributed by atoms with Gasteiger partial charge in [-0.15, -0.1) is 0 Å². The van der Waals surface area contributed by atoms with E-state index in [-0.39, 0.29) is 6.03 Å². The molecule has 3 aliphatic rings. The van der Waals surface area contributed by atoms with Crippen molar-refractivity contribution in [1.29, 1.82) is 0 Å². The van der Waals surface area contributed by atoms with Gasteiger partial charge in [0.25, 0.3) is 0 Å². The molecule has 1 aromatic heterocycles. The van der Waals surface area contributed by atoms with Gasteiger partial charge in [0.1, 0.15) is 5.82 Å². The zero-order valence-electron chi connectivity index (χ0n) is 20.5. The summed E-state index contributed by atoms with van der Waals surface area (Å²) in [4.78, 5) is 22.2. The largest absolute Gasteiger partial charge is 0.378 e. The van der Waals surface area contributed by atoms with E-state index in [0.29, 0.717) is 11.8 Å². The first-order valence-corrected chi connectivity index (χ1v) is 12.8. The number of carbonyl (C=O) groups is 1. The third-order valence-corrected chi connectivity index (χ3v) is 7.60. The topological polar surface area (TPSA) is 69.7 Å². The van der Waals surface area contributed by atoms with Crippen LogP contribution in [-0.4, -0.2) is 68.4 Å². The fourth-order valence-electron chi connectivity index (χ4n) is 5.33. The predicted octanol–water partition coefficient (Wildman–Crippen LogP) is 4.23. The average molecular weight is 464 g/mol. The van der Waals surface area contributed by atoms with Crippen LogP contribution in [0.2, 0.25) is 0 Å². The minimum atomic E-state index is 0.00667. The smallest absolute Gasteiger partial charge is 0.321 e. The molecular weight excluding hydrogens is 426 g/mol. The van der Waals surface area contributed by atoms with Crippen molar-refractivity contribution >= 4 is 17.5 Å². The van der Waals surface area contributed by atoms with Crippen LogP contribution in [0.4, 0.5) is 16.3 Å². The maximum absolute atomic E-state index is 12.9. The number of aromatic nitrogens is 1. The maximum atomic E-state index is 12.9. The monoisotopic (exact) mass is 463 g/mol. The fraction of sp³-hybridized carbons (Fsp3) is 0.556. The molecule has 2 amide bonds. The Labute approximate surface area is 202 Å². The van der Waals surface area contributed by atoms with E-state index >= 15 is 0 Å². The van der Waals surface area contributed by atoms with Gasteiger partial charge >= 0.3 is 6.03 Å². The Kier molecular flexibility index (Phi) is 7.02. The molecule has 34 heavy (non-hydrogen) atoms. The van der Waals surface area contributed by atoms with Gasteiger partial charge in [-0.25, -0.2) is 9.78 Å². The number of hydrogen-bond donors (Lipinski definition) is 2. The van der Waals surface area contributed by atoms with Gasteiger partial charge < -0.3 is 25.2 Å². The lowest BCUT2D eigenvalue weighted by Crippen LogP contribution is -2.37. The van der Waals surface area contributed by atoms with E-state index < -0.39 is 0 Å². The molecule has 0 radical (unpaired) electrons. The SMILES string of the molecule is CC[C@@H]1CCN(C(=O)Nc2ccc(C)c(-c3cc(C4CCNC4)nc(N4CCOCC4)c3)c2)C1. The van der Waals surface area contributed by atoms with Gasteiger partial charge in [-0.3, -0.25) is 0 Å². The number of hydrogen-bond acceptors (Lipinski definition) is 5. The number of benzene rings is 1. The molecule has 1 aromatic carbocycles. The van der Waals surface area contributed by atoms with E-state index in [1.165, 1.54) is 11.1 Å². The van der Waals surface area contributed by atoms with Crippen molar-refractivity contribution in [3.8, 4) is 11.1 Å². The maximum Gasteiger partial charge on any atom is 0.321 e. The van der Waals surface area contributed by atoms with Crippen molar-refractivity contribution in [2.45, 2.75) is 39.0 Å². The van der Waals surface area contributed by atoms with Crippen LogP contribution >= 0.6 is 0 Å². The van der Waals surface area contributed by atoms with Crippen LogP contribution in [0, 0.1) is 12.8 Å². The molecule has 2 N–H and O–H groups in total. The first-order chi connectivity index (χ1) is 16.6. The van der Waals surface area contributed by atoms with Gasteiger partial charge in [0, 0.05) is 50.0 Å². The Balaban J connectivity index is 1.43. The Morgan fingerprint density at radius 1 is 1.18 bits per heavy atom. The Bertz CT molecular complexity index is 1010. The highest BCUT2D eigenvalue weighted by Gasteiger charge is 2.25. The summed E-state index contributed by atoms with van der Waals surface area (Å²) >= 11 is 0. The molecule has 182 valence electrons. The third kappa shape index (κ3) is 5.05. The van der Waals surface area contributed by atoms with E-state index in [9.17, 15) is 4.79 Å². The number of amides is 2. The van der Waals surface area contributed by atoms with E-state index in [1.807, 2.05) is 11.0 Å². The first kappa shape index (κ1) is 23.1. The van der Waals surface area contributed by atoms with Crippen LogP contribution < -0.4 is 15.5 Å². The van der Waals surface area contributed by atoms with E-state index in [2.05, 4.69) is 53.6 Å². The number of rotatable bonds is 5. The molecule has 3 saturated heterocycles. The highest BCUT2D eigenvalue weighted by molar-refractivity contribution is 5.90. The van der Waals surface area contributed by atoms with Gasteiger partial charge in [-0.2, -0.15) is 0 Å². The molecule has 4 heterocycles. The number of ether oxygens (including phenoxy) is 1. The molecule has 1 unspecified atom stereocenters. The number of aryl methyl sites for hydroxylation is 1. The zero-order valence-corrected chi connectivity index (χ0v) is 20.5. The van der Waals surface area contributed by atoms with Crippen molar-refractivity contribution < 1.29 is 9.53 Å². The number of pyridine rings is 1. The summed E-state index contributed by atoms with van der Waals surface area (Å²) in [5, 5.41) is 6.63. The van der Waals surface area contributed by atoms with Crippen molar-refractivity contribution in [2.24, 2.45) is 5.92 Å². The lowest BCUT2D eigenvalue weighted by Gasteiger charge is -2.29. The van der Waals surface area contributed by atoms with Crippen LogP contribution in [0.5, 0.6) is 0 Å². The highest BCUT2D eigenvalue weighted by Crippen LogP contribution is 2.33. The predicted molar refractivity (Wildman–Crippen MR) is 137 cm³/mol. The molecule has 0 aliphatic carbocycles. The molecule has 7 nitrogen and oxygen atoms in total. The second kappa shape index (κ2) is 10.3. The molecule has 3 aliphatic heterocycles. The van der Waals surface area contributed by atoms with Crippen LogP contribution in [0.1, 0.15) is 43.4 Å². The van der Waals surface area contributed by atoms with E-state index in [0.717, 1.165) is 94.5 Å². The fourth-order valence-corrected chi connectivity index (χ4v) is 5.33. The van der Waals surface area contributed by atoms with Crippen molar-refractivity contribution in [3.63, 3.8) is 0 Å². The standard InChI is InChI=1S/C27H37N5O2/c1-3-20-7-9-32(18-20)27(33)29-23-5-4-19(2)24(16-23)22-14-25(21-6-8-28-17-21)30-26(15-22)31-10-12-34-13-11-31/h4-5,14-16,20-21,28H,3,6-13,17-18H2,1-2H3,(H,29,33)/t20-,21?/m1/s1. The Morgan fingerprint density at radius 2 is 2.03 bits per heavy atom. The molecule has 0 spiro atoms. The summed E-state index contributed by atoms with van der Waals surface area (Å²) < 4.78 is 5.57. The lowest BCUT2D eigenvalue weighted by molar-refractivity contribution is 0.122. The van der Waals surface area contributed by atoms with Crippen LogP contribution in [0.25, 0.3) is 11.1 Å². The molecule has 5 rings (SSSR count). The van der Waals surface area contributed by atoms with Crippen LogP contribution in [0.15, 0.2) is 30.3 Å². The summed E-state index contributed by atoms with van der Waals surface area (Å²) in [5.41, 5.74) is 5.51. The quantitative estimate of drug-likeness (QED) is 0.694. The number of anilines is 2. The van der Waals surface area contributed by atoms with Gasteiger partial charge in [-0.1, -0.05) is 19.4 Å². The second-order valence-corrected chi connectivity index (χ2v) is 9.90. The minimum absolute atomic E-state index is 0.00667. The Hall–Kier alpha value is -2.64. The number of likely N-dealkylation sites (tertiary alicyclic amines) is 1. The summed E-state index contributed by atoms with van der Waals surface area (Å²) in [6, 6.07) is 10.7. The summed E-state index contributed by atoms with van der Waals surface area (Å²) in [6.45, 7) is 11.3. The van der Waals surface area contributed by atoms with E-state index in [1.54, 1.807) is 0 Å². The average Bonchev–Trinajstić information content (AvgIpc) is 3.58. The number of carbonyl (C=O) groups excluding carboxylic acids is 1. The molecule has 0 saturated carbocycles. The molecular formula is C27H37N5O2. The van der Waals surface area contributed by atoms with Crippen LogP contribution in [0.3, 0.4) is 0 Å². The Morgan fingerprint density at radius 3 is 2.76 bits per heavy atom. The van der Waals surface area contributed by atoms with E-state index in [4.69, 9.17) is 9.72 Å². The summed E-state index contributed by atoms with van der Waals surface area (Å²) in [6.07, 6.45) is 3.34. The summed E-state index contributed by atoms with van der Waals surface area (Å²) in [7, 11) is 0. The van der Waals surface area contributed by atoms with Crippen molar-refractivity contribution in [2.75, 3.05) is 62.7 Å².